The summed E-state index contributed by atoms with van der Waals surface area (Å²) in [7, 11) is -3.69. The fraction of sp³-hybridized carbons (Fsp3) is 0.571. The Morgan fingerprint density at radius 3 is 2.26 bits per heavy atom. The van der Waals surface area contributed by atoms with E-state index in [4.69, 9.17) is 0 Å². The normalized spacial score (nSPS) is 18.7. The van der Waals surface area contributed by atoms with E-state index < -0.39 is 10.0 Å². The summed E-state index contributed by atoms with van der Waals surface area (Å²) in [5.41, 5.74) is 0.977. The Balaban J connectivity index is 1.47. The lowest BCUT2D eigenvalue weighted by Gasteiger charge is -2.35. The van der Waals surface area contributed by atoms with E-state index in [1.807, 2.05) is 0 Å². The van der Waals surface area contributed by atoms with E-state index in [1.54, 1.807) is 29.2 Å². The van der Waals surface area contributed by atoms with Crippen molar-refractivity contribution in [3.63, 3.8) is 0 Å². The molecule has 1 N–H and O–H groups in total. The second-order valence-electron chi connectivity index (χ2n) is 8.85. The average Bonchev–Trinajstić information content (AvgIpc) is 3.05. The van der Waals surface area contributed by atoms with Crippen LogP contribution in [0.1, 0.15) is 45.6 Å². The van der Waals surface area contributed by atoms with Gasteiger partial charge in [0, 0.05) is 32.1 Å². The van der Waals surface area contributed by atoms with Gasteiger partial charge in [0.1, 0.15) is 0 Å². The number of thioether (sulfide) groups is 1. The third-order valence-corrected chi connectivity index (χ3v) is 7.94. The van der Waals surface area contributed by atoms with E-state index in [9.17, 15) is 22.8 Å². The highest BCUT2D eigenvalue weighted by Gasteiger charge is 2.37. The number of amides is 3. The molecular weight excluding hydrogens is 438 g/mol. The molecule has 0 atom stereocenters. The maximum absolute atomic E-state index is 12.5. The molecule has 0 unspecified atom stereocenters. The number of carbonyl (C=O) groups excluding carboxylic acids is 3. The van der Waals surface area contributed by atoms with Crippen molar-refractivity contribution in [2.75, 3.05) is 25.4 Å². The number of hydrogen-bond acceptors (Lipinski definition) is 6. The van der Waals surface area contributed by atoms with Crippen molar-refractivity contribution < 1.29 is 22.8 Å². The van der Waals surface area contributed by atoms with Crippen molar-refractivity contribution in [3.05, 3.63) is 29.8 Å². The van der Waals surface area contributed by atoms with Crippen molar-refractivity contribution >= 4 is 38.8 Å². The Morgan fingerprint density at radius 2 is 1.74 bits per heavy atom. The van der Waals surface area contributed by atoms with Gasteiger partial charge in [-0.15, -0.1) is 0 Å². The zero-order chi connectivity index (χ0) is 22.8. The second-order valence-corrected chi connectivity index (χ2v) is 11.5. The number of rotatable bonds is 6. The van der Waals surface area contributed by atoms with E-state index in [0.29, 0.717) is 25.9 Å². The lowest BCUT2D eigenvalue weighted by atomic mass is 9.87. The summed E-state index contributed by atoms with van der Waals surface area (Å²) in [5, 5.41) is -0.209. The predicted octanol–water partition coefficient (Wildman–Crippen LogP) is 2.34. The Morgan fingerprint density at radius 1 is 1.13 bits per heavy atom. The van der Waals surface area contributed by atoms with Crippen LogP contribution >= 0.6 is 11.8 Å². The quantitative estimate of drug-likeness (QED) is 0.689. The van der Waals surface area contributed by atoms with Gasteiger partial charge in [0.25, 0.3) is 5.24 Å². The molecule has 2 fully saturated rings. The highest BCUT2D eigenvalue weighted by molar-refractivity contribution is 8.14. The fourth-order valence-electron chi connectivity index (χ4n) is 3.76. The zero-order valence-electron chi connectivity index (χ0n) is 18.1. The molecule has 0 spiro atoms. The lowest BCUT2D eigenvalue weighted by Crippen LogP contribution is -2.48. The Hall–Kier alpha value is -1.91. The van der Waals surface area contributed by atoms with Crippen molar-refractivity contribution in [3.8, 4) is 0 Å². The molecule has 2 aliphatic heterocycles. The summed E-state index contributed by atoms with van der Waals surface area (Å²) in [6.07, 6.45) is 1.16. The molecule has 0 radical (unpaired) electrons. The Bertz CT molecular complexity index is 930. The first-order valence-corrected chi connectivity index (χ1v) is 12.8. The smallest absolute Gasteiger partial charge is 0.289 e. The van der Waals surface area contributed by atoms with Crippen LogP contribution in [0, 0.1) is 0 Å². The van der Waals surface area contributed by atoms with Gasteiger partial charge < -0.3 is 4.90 Å². The van der Waals surface area contributed by atoms with Gasteiger partial charge in [-0.25, -0.2) is 13.1 Å². The number of carbonyl (C=O) groups is 3. The van der Waals surface area contributed by atoms with Crippen LogP contribution in [0.15, 0.2) is 29.2 Å². The van der Waals surface area contributed by atoms with Gasteiger partial charge in [-0.05, 0) is 36.0 Å². The van der Waals surface area contributed by atoms with Gasteiger partial charge in [-0.1, -0.05) is 44.7 Å². The third-order valence-electron chi connectivity index (χ3n) is 5.63. The molecule has 8 nitrogen and oxygen atoms in total. The predicted molar refractivity (Wildman–Crippen MR) is 119 cm³/mol. The number of benzene rings is 1. The van der Waals surface area contributed by atoms with Gasteiger partial charge >= 0.3 is 0 Å². The summed E-state index contributed by atoms with van der Waals surface area (Å²) in [5.74, 6) is -0.112. The third kappa shape index (κ3) is 5.67. The van der Waals surface area contributed by atoms with Crippen LogP contribution in [0.2, 0.25) is 0 Å². The zero-order valence-corrected chi connectivity index (χ0v) is 19.7. The number of hydrogen-bond donors (Lipinski definition) is 1. The maximum Gasteiger partial charge on any atom is 0.289 e. The lowest BCUT2D eigenvalue weighted by molar-refractivity contribution is -0.133. The minimum absolute atomic E-state index is 0.0157. The van der Waals surface area contributed by atoms with E-state index in [0.717, 1.165) is 17.3 Å². The van der Waals surface area contributed by atoms with Crippen LogP contribution in [0.5, 0.6) is 0 Å². The number of likely N-dealkylation sites (tertiary alicyclic amines) is 1. The van der Waals surface area contributed by atoms with Crippen LogP contribution in [-0.4, -0.2) is 66.7 Å². The Kier molecular flexibility index (Phi) is 7.12. The molecule has 31 heavy (non-hydrogen) atoms. The summed E-state index contributed by atoms with van der Waals surface area (Å²) < 4.78 is 27.5. The molecule has 2 saturated heterocycles. The summed E-state index contributed by atoms with van der Waals surface area (Å²) >= 11 is 1.02. The maximum atomic E-state index is 12.5. The molecule has 1 aromatic rings. The number of piperidine rings is 1. The van der Waals surface area contributed by atoms with E-state index in [-0.39, 0.29) is 52.1 Å². The molecule has 0 bridgehead atoms. The molecule has 0 aromatic heterocycles. The minimum atomic E-state index is -3.69. The first-order chi connectivity index (χ1) is 14.5. The first-order valence-electron chi connectivity index (χ1n) is 10.4. The standard InChI is InChI=1S/C21H29N3O5S2/c1-21(2,3)15-4-6-17(7-5-15)31(28,29)22-11-8-18(25)23-12-9-16(10-13-23)24-19(26)14-30-20(24)27/h4-7,16,22H,8-14H2,1-3H3. The van der Waals surface area contributed by atoms with E-state index in [1.165, 1.54) is 4.90 Å². The van der Waals surface area contributed by atoms with E-state index >= 15 is 0 Å². The summed E-state index contributed by atoms with van der Waals surface area (Å²) in [4.78, 5) is 39.3. The highest BCUT2D eigenvalue weighted by Crippen LogP contribution is 2.27. The molecule has 1 aromatic carbocycles. The topological polar surface area (TPSA) is 104 Å². The average molecular weight is 468 g/mol. The SMILES string of the molecule is CC(C)(C)c1ccc(S(=O)(=O)NCCC(=O)N2CCC(N3C(=O)CSC3=O)CC2)cc1. The van der Waals surface area contributed by atoms with Crippen LogP contribution in [-0.2, 0) is 25.0 Å². The number of nitrogens with one attached hydrogen (secondary N) is 1. The van der Waals surface area contributed by atoms with Crippen LogP contribution < -0.4 is 4.72 Å². The van der Waals surface area contributed by atoms with Gasteiger partial charge in [0.15, 0.2) is 0 Å². The molecular formula is C21H29N3O5S2. The molecule has 2 heterocycles. The largest absolute Gasteiger partial charge is 0.343 e. The molecule has 0 aliphatic carbocycles. The van der Waals surface area contributed by atoms with Crippen LogP contribution in [0.4, 0.5) is 4.79 Å². The van der Waals surface area contributed by atoms with Crippen molar-refractivity contribution in [1.29, 1.82) is 0 Å². The highest BCUT2D eigenvalue weighted by atomic mass is 32.2. The summed E-state index contributed by atoms with van der Waals surface area (Å²) in [6.45, 7) is 7.09. The van der Waals surface area contributed by atoms with Crippen molar-refractivity contribution in [2.24, 2.45) is 0 Å². The number of sulfonamides is 1. The van der Waals surface area contributed by atoms with Gasteiger partial charge in [-0.3, -0.25) is 19.3 Å². The molecule has 10 heteroatoms. The molecule has 3 amide bonds. The monoisotopic (exact) mass is 467 g/mol. The van der Waals surface area contributed by atoms with Crippen LogP contribution in [0.25, 0.3) is 0 Å². The van der Waals surface area contributed by atoms with Crippen LogP contribution in [0.3, 0.4) is 0 Å². The number of imide groups is 1. The number of nitrogens with zero attached hydrogens (tertiary/aromatic N) is 2. The Labute approximate surface area is 187 Å². The van der Waals surface area contributed by atoms with Crippen molar-refractivity contribution in [2.45, 2.75) is 56.4 Å². The van der Waals surface area contributed by atoms with Gasteiger partial charge in [-0.2, -0.15) is 0 Å². The van der Waals surface area contributed by atoms with Gasteiger partial charge in [0.2, 0.25) is 21.8 Å². The van der Waals surface area contributed by atoms with Crippen molar-refractivity contribution in [1.82, 2.24) is 14.5 Å². The molecule has 3 rings (SSSR count). The molecule has 0 saturated carbocycles. The molecule has 2 aliphatic rings. The minimum Gasteiger partial charge on any atom is -0.343 e. The van der Waals surface area contributed by atoms with Gasteiger partial charge in [0.05, 0.1) is 10.6 Å². The van der Waals surface area contributed by atoms with E-state index in [2.05, 4.69) is 25.5 Å². The molecule has 170 valence electrons. The summed E-state index contributed by atoms with van der Waals surface area (Å²) in [6, 6.07) is 6.61. The second kappa shape index (κ2) is 9.30. The fourth-order valence-corrected chi connectivity index (χ4v) is 5.57. The first kappa shape index (κ1) is 23.7.